The van der Waals surface area contributed by atoms with Gasteiger partial charge in [-0.15, -0.1) is 0 Å². The van der Waals surface area contributed by atoms with Crippen molar-refractivity contribution in [2.75, 3.05) is 0 Å². The molecule has 0 spiro atoms. The van der Waals surface area contributed by atoms with Crippen molar-refractivity contribution in [1.29, 1.82) is 0 Å². The Hall–Kier alpha value is -5.72. The van der Waals surface area contributed by atoms with Crippen LogP contribution in [0.3, 0.4) is 0 Å². The zero-order valence-electron chi connectivity index (χ0n) is 23.1. The molecule has 10 nitrogen and oxygen atoms in total. The average molecular weight is 645 g/mol. The first-order valence-corrected chi connectivity index (χ1v) is 17.4. The second-order valence-corrected chi connectivity index (χ2v) is 14.9. The number of carbonyl (C=O) groups is 1. The van der Waals surface area contributed by atoms with Crippen molar-refractivity contribution >= 4 is 79.8 Å². The van der Waals surface area contributed by atoms with Crippen LogP contribution in [0.4, 0.5) is 20.8 Å². The summed E-state index contributed by atoms with van der Waals surface area (Å²) in [6.45, 7) is 0. The van der Waals surface area contributed by atoms with E-state index in [2.05, 4.69) is 0 Å². The van der Waals surface area contributed by atoms with Gasteiger partial charge in [-0.1, -0.05) is 0 Å². The Morgan fingerprint density at radius 1 is 0.511 bits per heavy atom. The van der Waals surface area contributed by atoms with Crippen molar-refractivity contribution in [3.63, 3.8) is 0 Å². The van der Waals surface area contributed by atoms with E-state index >= 15 is 0 Å². The monoisotopic (exact) mass is 644 g/mol. The van der Waals surface area contributed by atoms with Crippen LogP contribution in [-0.4, -0.2) is 53.2 Å². The van der Waals surface area contributed by atoms with Crippen molar-refractivity contribution in [2.45, 2.75) is 0 Å². The first-order valence-electron chi connectivity index (χ1n) is 14.2. The van der Waals surface area contributed by atoms with Crippen molar-refractivity contribution < 1.29 is 12.7 Å². The number of rotatable bonds is 1. The third-order valence-corrected chi connectivity index (χ3v) is 13.2. The van der Waals surface area contributed by atoms with Gasteiger partial charge in [0.05, 0.1) is 0 Å². The molecule has 2 aromatic heterocycles. The Bertz CT molecular complexity index is 2460. The summed E-state index contributed by atoms with van der Waals surface area (Å²) in [4.78, 5) is 42.7. The van der Waals surface area contributed by atoms with Gasteiger partial charge in [-0.05, 0) is 0 Å². The summed E-state index contributed by atoms with van der Waals surface area (Å²) < 4.78 is 24.1. The zero-order valence-corrected chi connectivity index (χ0v) is 25.5. The molecule has 0 atom stereocenters. The minimum absolute atomic E-state index is 0.452. The molecule has 6 bridgehead atoms. The van der Waals surface area contributed by atoms with Crippen LogP contribution in [-0.2, 0) is 3.53 Å². The van der Waals surface area contributed by atoms with Crippen LogP contribution in [0.25, 0.3) is 21.5 Å². The van der Waals surface area contributed by atoms with Gasteiger partial charge < -0.3 is 0 Å². The molecule has 6 heterocycles. The van der Waals surface area contributed by atoms with E-state index in [1.165, 1.54) is 0 Å². The molecule has 45 heavy (non-hydrogen) atoms. The van der Waals surface area contributed by atoms with Crippen LogP contribution >= 0.6 is 0 Å². The van der Waals surface area contributed by atoms with Crippen LogP contribution in [0.5, 0.6) is 0 Å². The molecule has 4 aliphatic rings. The first kappa shape index (κ1) is 24.7. The Morgan fingerprint density at radius 2 is 0.889 bits per heavy atom. The fourth-order valence-corrected chi connectivity index (χ4v) is 11.3. The number of hydrogen-bond acceptors (Lipinski definition) is 8. The molecule has 0 unspecified atom stereocenters. The molecule has 0 aliphatic carbocycles. The van der Waals surface area contributed by atoms with Crippen molar-refractivity contribution in [3.8, 4) is 0 Å². The summed E-state index contributed by atoms with van der Waals surface area (Å²) in [5.74, 6) is 2.72. The summed E-state index contributed by atoms with van der Waals surface area (Å²) in [6, 6.07) is 30.9. The quantitative estimate of drug-likeness (QED) is 0.185. The van der Waals surface area contributed by atoms with Crippen LogP contribution in [0.1, 0.15) is 22.3 Å². The number of halogens is 1. The number of aliphatic imine (C=N–C) groups is 4. The number of hydrogen-bond donors (Lipinski definition) is 0. The molecule has 0 saturated carbocycles. The van der Waals surface area contributed by atoms with Crippen LogP contribution in [0, 0.1) is 0 Å². The molecule has 0 radical (unpaired) electrons. The summed E-state index contributed by atoms with van der Waals surface area (Å²) in [5.41, 5.74) is 4.15. The number of benzene rings is 4. The standard InChI is InChI=1S/C32H16N8.CHFO2.Ga/c1-2-10-18-17(9-1)25-33-26(18)38-28-21-13-5-6-14-22(21)30(35-28)40-32-24-16-8-7-15-23(24)31(36-32)39-29-20-12-4-3-11-19(20)27(34-29)37-25;2-1(3)4;/h1-16H;(H,3,4);/q-2;;+3/p-1. The van der Waals surface area contributed by atoms with Gasteiger partial charge in [0.15, 0.2) is 0 Å². The molecular formula is C33H16FGaN8O2. The number of carbonyl (C=O) groups excluding carboxylic acids is 1. The van der Waals surface area contributed by atoms with E-state index < -0.39 is 23.3 Å². The summed E-state index contributed by atoms with van der Waals surface area (Å²) in [6.07, 6.45) is -1.90. The Balaban J connectivity index is 1.51. The van der Waals surface area contributed by atoms with Gasteiger partial charge in [-0.25, -0.2) is 0 Å². The van der Waals surface area contributed by atoms with Crippen molar-refractivity contribution in [2.24, 2.45) is 30.0 Å². The average Bonchev–Trinajstić information content (AvgIpc) is 3.77. The summed E-state index contributed by atoms with van der Waals surface area (Å²) in [5, 5.41) is 3.00. The zero-order chi connectivity index (χ0) is 29.8. The Morgan fingerprint density at radius 3 is 1.31 bits per heavy atom. The van der Waals surface area contributed by atoms with Crippen LogP contribution < -0.4 is 11.0 Å². The maximum absolute atomic E-state index is 14.7. The normalized spacial score (nSPS) is 15.3. The van der Waals surface area contributed by atoms with Gasteiger partial charge in [0.1, 0.15) is 0 Å². The van der Waals surface area contributed by atoms with E-state index in [1.807, 2.05) is 97.1 Å². The molecular weight excluding hydrogens is 629 g/mol. The molecule has 210 valence electrons. The minimum atomic E-state index is -4.21. The van der Waals surface area contributed by atoms with Gasteiger partial charge >= 0.3 is 259 Å². The Labute approximate surface area is 258 Å². The van der Waals surface area contributed by atoms with E-state index in [1.54, 1.807) is 6.55 Å². The van der Waals surface area contributed by atoms with E-state index in [9.17, 15) is 9.18 Å². The fraction of sp³-hybridized carbons (Fsp3) is 0. The van der Waals surface area contributed by atoms with E-state index in [0.29, 0.717) is 46.0 Å². The Kier molecular flexibility index (Phi) is 4.89. The van der Waals surface area contributed by atoms with Crippen molar-refractivity contribution in [1.82, 2.24) is 6.55 Å². The van der Waals surface area contributed by atoms with E-state index in [4.69, 9.17) is 33.5 Å². The van der Waals surface area contributed by atoms with E-state index in [-0.39, 0.29) is 0 Å². The second-order valence-electron chi connectivity index (χ2n) is 10.9. The second kappa shape index (κ2) is 8.91. The SMILES string of the molecule is O=C(F)[O][Ga]1[n]2c3c4ccccc4c2N=C2N=C(N=c4c5ccccc5c([n]41)=NC1=NC(=N3)c3ccccc31)c1ccccc12. The topological polar surface area (TPSA) is 110 Å². The van der Waals surface area contributed by atoms with E-state index in [0.717, 1.165) is 43.8 Å². The van der Waals surface area contributed by atoms with Gasteiger partial charge in [0.2, 0.25) is 0 Å². The fourth-order valence-electron chi connectivity index (χ4n) is 6.57. The summed E-state index contributed by atoms with van der Waals surface area (Å²) in [7, 11) is 0. The molecule has 0 amide bonds. The predicted octanol–water partition coefficient (Wildman–Crippen LogP) is 5.03. The number of fused-ring (bicyclic) bond motifs is 14. The van der Waals surface area contributed by atoms with Crippen LogP contribution in [0.15, 0.2) is 127 Å². The number of aromatic nitrogens is 2. The predicted molar refractivity (Wildman–Crippen MR) is 169 cm³/mol. The van der Waals surface area contributed by atoms with Crippen LogP contribution in [0.2, 0.25) is 0 Å². The third-order valence-electron chi connectivity index (χ3n) is 8.46. The molecule has 4 aliphatic heterocycles. The number of nitrogens with zero attached hydrogens (tertiary/aromatic N) is 8. The van der Waals surface area contributed by atoms with Gasteiger partial charge in [-0.2, -0.15) is 0 Å². The third kappa shape index (κ3) is 3.37. The molecule has 10 rings (SSSR count). The maximum atomic E-state index is 14.7. The molecule has 6 aromatic rings. The molecule has 12 heteroatoms. The first-order chi connectivity index (χ1) is 22.1. The van der Waals surface area contributed by atoms with Gasteiger partial charge in [-0.3, -0.25) is 0 Å². The molecule has 4 aromatic carbocycles. The molecule has 0 N–H and O–H groups in total. The van der Waals surface area contributed by atoms with Crippen molar-refractivity contribution in [3.05, 3.63) is 130 Å². The van der Waals surface area contributed by atoms with Gasteiger partial charge in [0.25, 0.3) is 0 Å². The molecule has 0 fully saturated rings. The molecule has 0 saturated heterocycles. The summed E-state index contributed by atoms with van der Waals surface area (Å²) >= 11 is -4.21. The number of amidine groups is 4. The van der Waals surface area contributed by atoms with Gasteiger partial charge in [0, 0.05) is 0 Å².